The summed E-state index contributed by atoms with van der Waals surface area (Å²) in [7, 11) is 0. The van der Waals surface area contributed by atoms with Crippen LogP contribution in [0.15, 0.2) is 42.5 Å². The first-order valence-electron chi connectivity index (χ1n) is 10.2. The lowest BCUT2D eigenvalue weighted by atomic mass is 10.1. The van der Waals surface area contributed by atoms with Crippen molar-refractivity contribution in [2.45, 2.75) is 39.5 Å². The van der Waals surface area contributed by atoms with E-state index in [0.717, 1.165) is 31.5 Å². The maximum atomic E-state index is 12.5. The molecule has 0 bridgehead atoms. The highest BCUT2D eigenvalue weighted by Gasteiger charge is 2.15. The number of benzene rings is 2. The third-order valence-corrected chi connectivity index (χ3v) is 5.14. The van der Waals surface area contributed by atoms with Crippen LogP contribution in [0.3, 0.4) is 0 Å². The molecule has 0 saturated carbocycles. The molecule has 2 N–H and O–H groups in total. The minimum absolute atomic E-state index is 0.0765. The molecule has 6 nitrogen and oxygen atoms in total. The Morgan fingerprint density at radius 2 is 1.59 bits per heavy atom. The number of amides is 3. The first-order valence-corrected chi connectivity index (χ1v) is 10.2. The zero-order valence-corrected chi connectivity index (χ0v) is 17.2. The van der Waals surface area contributed by atoms with Crippen molar-refractivity contribution in [3.63, 3.8) is 0 Å². The van der Waals surface area contributed by atoms with E-state index in [4.69, 9.17) is 4.74 Å². The van der Waals surface area contributed by atoms with E-state index in [-0.39, 0.29) is 18.5 Å². The van der Waals surface area contributed by atoms with Gasteiger partial charge in [-0.3, -0.25) is 4.79 Å². The number of nitrogens with one attached hydrogen (secondary N) is 2. The van der Waals surface area contributed by atoms with Crippen LogP contribution in [0.1, 0.15) is 36.8 Å². The molecule has 6 heteroatoms. The van der Waals surface area contributed by atoms with Gasteiger partial charge in [-0.1, -0.05) is 25.0 Å². The van der Waals surface area contributed by atoms with Crippen molar-refractivity contribution in [3.05, 3.63) is 53.6 Å². The lowest BCUT2D eigenvalue weighted by molar-refractivity contribution is -0.118. The highest BCUT2D eigenvalue weighted by atomic mass is 16.5. The smallest absolute Gasteiger partial charge is 0.321 e. The Morgan fingerprint density at radius 3 is 2.28 bits per heavy atom. The average molecular weight is 396 g/mol. The molecular formula is C23H29N3O3. The number of anilines is 2. The topological polar surface area (TPSA) is 70.7 Å². The molecule has 0 unspecified atom stereocenters. The molecule has 3 amide bonds. The minimum atomic E-state index is -0.251. The number of hydrogen-bond donors (Lipinski definition) is 2. The highest BCUT2D eigenvalue weighted by Crippen LogP contribution is 2.18. The SMILES string of the molecule is Cc1ccc(OCC(=O)Nc2cccc(NC(=O)N3CCCCCC3)c2)cc1C. The van der Waals surface area contributed by atoms with Crippen molar-refractivity contribution in [1.82, 2.24) is 4.90 Å². The molecule has 0 spiro atoms. The monoisotopic (exact) mass is 395 g/mol. The fourth-order valence-electron chi connectivity index (χ4n) is 3.30. The van der Waals surface area contributed by atoms with Gasteiger partial charge in [0.2, 0.25) is 0 Å². The van der Waals surface area contributed by atoms with Crippen LogP contribution in [0.25, 0.3) is 0 Å². The van der Waals surface area contributed by atoms with E-state index in [1.165, 1.54) is 18.4 Å². The van der Waals surface area contributed by atoms with Gasteiger partial charge in [-0.15, -0.1) is 0 Å². The third kappa shape index (κ3) is 6.24. The molecular weight excluding hydrogens is 366 g/mol. The number of rotatable bonds is 5. The Hall–Kier alpha value is -3.02. The summed E-state index contributed by atoms with van der Waals surface area (Å²) in [6, 6.07) is 12.8. The van der Waals surface area contributed by atoms with E-state index in [1.807, 2.05) is 43.0 Å². The normalized spacial score (nSPS) is 14.1. The highest BCUT2D eigenvalue weighted by molar-refractivity contribution is 5.94. The van der Waals surface area contributed by atoms with Gasteiger partial charge in [0.1, 0.15) is 5.75 Å². The van der Waals surface area contributed by atoms with Gasteiger partial charge in [-0.2, -0.15) is 0 Å². The largest absolute Gasteiger partial charge is 0.484 e. The molecule has 1 aliphatic heterocycles. The van der Waals surface area contributed by atoms with Crippen molar-refractivity contribution < 1.29 is 14.3 Å². The lowest BCUT2D eigenvalue weighted by Gasteiger charge is -2.21. The molecule has 3 rings (SSSR count). The molecule has 0 aliphatic carbocycles. The Kier molecular flexibility index (Phi) is 7.11. The number of carbonyl (C=O) groups is 2. The molecule has 29 heavy (non-hydrogen) atoms. The van der Waals surface area contributed by atoms with Crippen LogP contribution in [0.4, 0.5) is 16.2 Å². The van der Waals surface area contributed by atoms with Crippen LogP contribution in [-0.4, -0.2) is 36.5 Å². The van der Waals surface area contributed by atoms with Gasteiger partial charge >= 0.3 is 6.03 Å². The fourth-order valence-corrected chi connectivity index (χ4v) is 3.30. The number of urea groups is 1. The summed E-state index contributed by atoms with van der Waals surface area (Å²) in [5.41, 5.74) is 3.58. The average Bonchev–Trinajstić information content (AvgIpc) is 2.99. The molecule has 1 saturated heterocycles. The van der Waals surface area contributed by atoms with Gasteiger partial charge in [-0.05, 0) is 68.1 Å². The van der Waals surface area contributed by atoms with Crippen molar-refractivity contribution in [2.24, 2.45) is 0 Å². The van der Waals surface area contributed by atoms with Gasteiger partial charge < -0.3 is 20.3 Å². The summed E-state index contributed by atoms with van der Waals surface area (Å²) in [4.78, 5) is 26.6. The maximum absolute atomic E-state index is 12.5. The van der Waals surface area contributed by atoms with Gasteiger partial charge in [0.05, 0.1) is 0 Å². The molecule has 1 fully saturated rings. The molecule has 1 heterocycles. The van der Waals surface area contributed by atoms with Crippen molar-refractivity contribution in [3.8, 4) is 5.75 Å². The Labute approximate surface area is 172 Å². The van der Waals surface area contributed by atoms with Gasteiger partial charge in [0, 0.05) is 24.5 Å². The molecule has 0 atom stereocenters. The maximum Gasteiger partial charge on any atom is 0.321 e. The summed E-state index contributed by atoms with van der Waals surface area (Å²) >= 11 is 0. The van der Waals surface area contributed by atoms with Crippen LogP contribution in [0.2, 0.25) is 0 Å². The summed E-state index contributed by atoms with van der Waals surface area (Å²) in [6.45, 7) is 5.54. The Bertz CT molecular complexity index is 858. The molecule has 0 aromatic heterocycles. The Balaban J connectivity index is 1.52. The van der Waals surface area contributed by atoms with Crippen LogP contribution in [-0.2, 0) is 4.79 Å². The van der Waals surface area contributed by atoms with E-state index in [1.54, 1.807) is 18.2 Å². The second-order valence-electron chi connectivity index (χ2n) is 7.50. The van der Waals surface area contributed by atoms with E-state index in [0.29, 0.717) is 17.1 Å². The molecule has 2 aromatic rings. The van der Waals surface area contributed by atoms with E-state index < -0.39 is 0 Å². The summed E-state index contributed by atoms with van der Waals surface area (Å²) in [5, 5.41) is 5.74. The summed E-state index contributed by atoms with van der Waals surface area (Å²) in [5.74, 6) is 0.418. The second-order valence-corrected chi connectivity index (χ2v) is 7.50. The van der Waals surface area contributed by atoms with Gasteiger partial charge in [-0.25, -0.2) is 4.79 Å². The summed E-state index contributed by atoms with van der Waals surface area (Å²) in [6.07, 6.45) is 4.44. The molecule has 0 radical (unpaired) electrons. The number of likely N-dealkylation sites (tertiary alicyclic amines) is 1. The van der Waals surface area contributed by atoms with Crippen molar-refractivity contribution in [2.75, 3.05) is 30.3 Å². The number of nitrogens with zero attached hydrogens (tertiary/aromatic N) is 1. The number of ether oxygens (including phenoxy) is 1. The number of hydrogen-bond acceptors (Lipinski definition) is 3. The summed E-state index contributed by atoms with van der Waals surface area (Å²) < 4.78 is 5.57. The fraction of sp³-hybridized carbons (Fsp3) is 0.391. The van der Waals surface area contributed by atoms with Crippen LogP contribution < -0.4 is 15.4 Å². The lowest BCUT2D eigenvalue weighted by Crippen LogP contribution is -2.35. The second kappa shape index (κ2) is 9.96. The minimum Gasteiger partial charge on any atom is -0.484 e. The van der Waals surface area contributed by atoms with Crippen LogP contribution in [0.5, 0.6) is 5.75 Å². The van der Waals surface area contributed by atoms with E-state index in [9.17, 15) is 9.59 Å². The van der Waals surface area contributed by atoms with E-state index >= 15 is 0 Å². The third-order valence-electron chi connectivity index (χ3n) is 5.14. The van der Waals surface area contributed by atoms with Gasteiger partial charge in [0.25, 0.3) is 5.91 Å². The first-order chi connectivity index (χ1) is 14.0. The molecule has 154 valence electrons. The van der Waals surface area contributed by atoms with E-state index in [2.05, 4.69) is 10.6 Å². The predicted octanol–water partition coefficient (Wildman–Crippen LogP) is 4.73. The van der Waals surface area contributed by atoms with Gasteiger partial charge in [0.15, 0.2) is 6.61 Å². The number of aryl methyl sites for hydroxylation is 2. The number of carbonyl (C=O) groups excluding carboxylic acids is 2. The van der Waals surface area contributed by atoms with Crippen molar-refractivity contribution in [1.29, 1.82) is 0 Å². The molecule has 2 aromatic carbocycles. The van der Waals surface area contributed by atoms with Crippen LogP contribution >= 0.6 is 0 Å². The molecule has 1 aliphatic rings. The quantitative estimate of drug-likeness (QED) is 0.769. The zero-order chi connectivity index (χ0) is 20.6. The standard InChI is InChI=1S/C23H29N3O3/c1-17-10-11-21(14-18(17)2)29-16-22(27)24-19-8-7-9-20(15-19)25-23(28)26-12-5-3-4-6-13-26/h7-11,14-15H,3-6,12-13,16H2,1-2H3,(H,24,27)(H,25,28). The first kappa shape index (κ1) is 20.7. The Morgan fingerprint density at radius 1 is 0.897 bits per heavy atom. The predicted molar refractivity (Wildman–Crippen MR) is 116 cm³/mol. The van der Waals surface area contributed by atoms with Crippen LogP contribution in [0, 0.1) is 13.8 Å². The van der Waals surface area contributed by atoms with Crippen molar-refractivity contribution >= 4 is 23.3 Å². The zero-order valence-electron chi connectivity index (χ0n) is 17.2.